The number of hydrogen-bond acceptors (Lipinski definition) is 9. The number of ether oxygens (including phenoxy) is 5. The standard InChI is InChI=1S/C18H28O10/c1-11(19)25-10-15-18(27-13(3)21)14(26-12(2)20)9-17(28-15)24-8-6-4-5-7-16(22)23/h14-15,17-18H,4-10H2,1-3H3,(H,22,23). The second kappa shape index (κ2) is 12.3. The Hall–Kier alpha value is -2.20. The summed E-state index contributed by atoms with van der Waals surface area (Å²) in [5.74, 6) is -2.51. The van der Waals surface area contributed by atoms with Gasteiger partial charge in [-0.15, -0.1) is 0 Å². The van der Waals surface area contributed by atoms with E-state index in [0.717, 1.165) is 0 Å². The number of hydrogen-bond donors (Lipinski definition) is 1. The Bertz CT molecular complexity index is 546. The van der Waals surface area contributed by atoms with Crippen LogP contribution in [0.25, 0.3) is 0 Å². The van der Waals surface area contributed by atoms with Crippen LogP contribution in [0.15, 0.2) is 0 Å². The molecule has 4 atom stereocenters. The summed E-state index contributed by atoms with van der Waals surface area (Å²) in [5, 5.41) is 8.62. The first-order chi connectivity index (χ1) is 13.2. The lowest BCUT2D eigenvalue weighted by Gasteiger charge is -2.39. The van der Waals surface area contributed by atoms with Crippen molar-refractivity contribution in [2.45, 2.75) is 77.5 Å². The summed E-state index contributed by atoms with van der Waals surface area (Å²) in [4.78, 5) is 44.5. The summed E-state index contributed by atoms with van der Waals surface area (Å²) in [7, 11) is 0. The lowest BCUT2D eigenvalue weighted by atomic mass is 10.0. The Morgan fingerprint density at radius 1 is 0.964 bits per heavy atom. The van der Waals surface area contributed by atoms with E-state index in [2.05, 4.69) is 0 Å². The molecule has 0 saturated carbocycles. The molecule has 0 radical (unpaired) electrons. The van der Waals surface area contributed by atoms with E-state index in [1.165, 1.54) is 20.8 Å². The summed E-state index contributed by atoms with van der Waals surface area (Å²) in [6, 6.07) is 0. The molecule has 0 spiro atoms. The minimum atomic E-state index is -0.934. The quantitative estimate of drug-likeness (QED) is 0.304. The van der Waals surface area contributed by atoms with Gasteiger partial charge in [0.15, 0.2) is 12.4 Å². The van der Waals surface area contributed by atoms with Gasteiger partial charge in [0.1, 0.15) is 18.8 Å². The fraction of sp³-hybridized carbons (Fsp3) is 0.778. The summed E-state index contributed by atoms with van der Waals surface area (Å²) in [6.45, 7) is 3.81. The van der Waals surface area contributed by atoms with Crippen molar-refractivity contribution in [2.75, 3.05) is 13.2 Å². The highest BCUT2D eigenvalue weighted by molar-refractivity contribution is 5.68. The average molecular weight is 404 g/mol. The molecular formula is C18H28O10. The van der Waals surface area contributed by atoms with E-state index in [9.17, 15) is 19.2 Å². The van der Waals surface area contributed by atoms with Crippen LogP contribution in [0.2, 0.25) is 0 Å². The third-order valence-corrected chi connectivity index (χ3v) is 3.89. The zero-order valence-corrected chi connectivity index (χ0v) is 16.4. The van der Waals surface area contributed by atoms with Gasteiger partial charge in [-0.1, -0.05) is 6.42 Å². The number of carboxylic acid groups (broad SMARTS) is 1. The topological polar surface area (TPSA) is 135 Å². The molecule has 0 aliphatic carbocycles. The summed E-state index contributed by atoms with van der Waals surface area (Å²) in [5.41, 5.74) is 0. The minimum Gasteiger partial charge on any atom is -0.481 e. The average Bonchev–Trinajstić information content (AvgIpc) is 2.57. The van der Waals surface area contributed by atoms with Crippen molar-refractivity contribution in [3.63, 3.8) is 0 Å². The van der Waals surface area contributed by atoms with Crippen molar-refractivity contribution in [1.82, 2.24) is 0 Å². The third kappa shape index (κ3) is 9.65. The van der Waals surface area contributed by atoms with Crippen molar-refractivity contribution >= 4 is 23.9 Å². The molecule has 1 N–H and O–H groups in total. The molecule has 0 aromatic carbocycles. The number of esters is 3. The number of rotatable bonds is 11. The molecule has 28 heavy (non-hydrogen) atoms. The van der Waals surface area contributed by atoms with E-state index in [4.69, 9.17) is 28.8 Å². The zero-order chi connectivity index (χ0) is 21.1. The first-order valence-corrected chi connectivity index (χ1v) is 9.15. The van der Waals surface area contributed by atoms with E-state index in [1.54, 1.807) is 0 Å². The normalized spacial score (nSPS) is 24.2. The van der Waals surface area contributed by atoms with Gasteiger partial charge in [-0.05, 0) is 12.8 Å². The van der Waals surface area contributed by atoms with E-state index in [1.807, 2.05) is 0 Å². The van der Waals surface area contributed by atoms with Crippen LogP contribution >= 0.6 is 0 Å². The third-order valence-electron chi connectivity index (χ3n) is 3.89. The molecule has 4 unspecified atom stereocenters. The first kappa shape index (κ1) is 23.8. The van der Waals surface area contributed by atoms with Gasteiger partial charge in [-0.3, -0.25) is 19.2 Å². The Labute approximate surface area is 163 Å². The van der Waals surface area contributed by atoms with Gasteiger partial charge in [-0.2, -0.15) is 0 Å². The minimum absolute atomic E-state index is 0.100. The van der Waals surface area contributed by atoms with Crippen molar-refractivity contribution in [1.29, 1.82) is 0 Å². The van der Waals surface area contributed by atoms with E-state index >= 15 is 0 Å². The molecule has 0 amide bonds. The molecule has 10 heteroatoms. The second-order valence-electron chi connectivity index (χ2n) is 6.44. The number of aliphatic carboxylic acids is 1. The highest BCUT2D eigenvalue weighted by Crippen LogP contribution is 2.27. The van der Waals surface area contributed by atoms with Gasteiger partial charge < -0.3 is 28.8 Å². The monoisotopic (exact) mass is 404 g/mol. The van der Waals surface area contributed by atoms with Crippen LogP contribution in [0, 0.1) is 0 Å². The molecule has 0 aromatic heterocycles. The van der Waals surface area contributed by atoms with Crippen LogP contribution in [0.4, 0.5) is 0 Å². The number of carboxylic acids is 1. The fourth-order valence-electron chi connectivity index (χ4n) is 2.77. The molecule has 160 valence electrons. The number of carbonyl (C=O) groups is 4. The Balaban J connectivity index is 2.68. The van der Waals surface area contributed by atoms with Gasteiger partial charge in [0.25, 0.3) is 0 Å². The molecule has 0 aromatic rings. The lowest BCUT2D eigenvalue weighted by molar-refractivity contribution is -0.266. The predicted molar refractivity (Wildman–Crippen MR) is 93.1 cm³/mol. The molecule has 1 aliphatic rings. The van der Waals surface area contributed by atoms with Crippen molar-refractivity contribution in [2.24, 2.45) is 0 Å². The van der Waals surface area contributed by atoms with E-state index in [-0.39, 0.29) is 19.4 Å². The highest BCUT2D eigenvalue weighted by Gasteiger charge is 2.44. The Morgan fingerprint density at radius 3 is 2.21 bits per heavy atom. The second-order valence-corrected chi connectivity index (χ2v) is 6.44. The molecule has 1 saturated heterocycles. The molecule has 1 aliphatic heterocycles. The SMILES string of the molecule is CC(=O)OCC1OC(OCCCCCC(=O)O)CC(OC(C)=O)C1OC(C)=O. The van der Waals surface area contributed by atoms with Crippen LogP contribution in [0.3, 0.4) is 0 Å². The van der Waals surface area contributed by atoms with Crippen molar-refractivity contribution < 1.29 is 48.0 Å². The molecule has 10 nitrogen and oxygen atoms in total. The van der Waals surface area contributed by atoms with Crippen LogP contribution < -0.4 is 0 Å². The molecule has 0 bridgehead atoms. The Morgan fingerprint density at radius 2 is 1.64 bits per heavy atom. The van der Waals surface area contributed by atoms with E-state index < -0.39 is 48.5 Å². The van der Waals surface area contributed by atoms with Crippen LogP contribution in [-0.2, 0) is 42.9 Å². The maximum Gasteiger partial charge on any atom is 0.303 e. The summed E-state index contributed by atoms with van der Waals surface area (Å²) >= 11 is 0. The molecule has 1 fully saturated rings. The van der Waals surface area contributed by atoms with Gasteiger partial charge in [0.2, 0.25) is 0 Å². The zero-order valence-electron chi connectivity index (χ0n) is 16.4. The van der Waals surface area contributed by atoms with Crippen LogP contribution in [-0.4, -0.2) is 66.8 Å². The molecule has 1 heterocycles. The lowest BCUT2D eigenvalue weighted by Crippen LogP contribution is -2.54. The molecular weight excluding hydrogens is 376 g/mol. The largest absolute Gasteiger partial charge is 0.481 e. The first-order valence-electron chi connectivity index (χ1n) is 9.15. The van der Waals surface area contributed by atoms with Crippen LogP contribution in [0.1, 0.15) is 52.9 Å². The van der Waals surface area contributed by atoms with Gasteiger partial charge >= 0.3 is 23.9 Å². The van der Waals surface area contributed by atoms with Crippen LogP contribution in [0.5, 0.6) is 0 Å². The van der Waals surface area contributed by atoms with Gasteiger partial charge in [0, 0.05) is 40.2 Å². The maximum absolute atomic E-state index is 11.4. The van der Waals surface area contributed by atoms with E-state index in [0.29, 0.717) is 25.9 Å². The predicted octanol–water partition coefficient (Wildman–Crippen LogP) is 1.19. The van der Waals surface area contributed by atoms with Gasteiger partial charge in [0.05, 0.1) is 0 Å². The molecule has 1 rings (SSSR count). The van der Waals surface area contributed by atoms with Gasteiger partial charge in [-0.25, -0.2) is 0 Å². The maximum atomic E-state index is 11.4. The Kier molecular flexibility index (Phi) is 10.5. The number of carbonyl (C=O) groups excluding carboxylic acids is 3. The smallest absolute Gasteiger partial charge is 0.303 e. The van der Waals surface area contributed by atoms with Crippen molar-refractivity contribution in [3.05, 3.63) is 0 Å². The van der Waals surface area contributed by atoms with Crippen molar-refractivity contribution in [3.8, 4) is 0 Å². The highest BCUT2D eigenvalue weighted by atomic mass is 16.7. The summed E-state index contributed by atoms with van der Waals surface area (Å²) < 4.78 is 26.9. The number of unbranched alkanes of at least 4 members (excludes halogenated alkanes) is 2. The fourth-order valence-corrected chi connectivity index (χ4v) is 2.77. The summed E-state index contributed by atoms with van der Waals surface area (Å²) in [6.07, 6.45) is -1.26.